The van der Waals surface area contributed by atoms with Crippen LogP contribution in [0.2, 0.25) is 5.02 Å². The zero-order valence-electron chi connectivity index (χ0n) is 11.4. The van der Waals surface area contributed by atoms with Crippen LogP contribution in [0.4, 0.5) is 5.69 Å². The van der Waals surface area contributed by atoms with Gasteiger partial charge in [0.2, 0.25) is 5.91 Å². The second kappa shape index (κ2) is 6.82. The van der Waals surface area contributed by atoms with Gasteiger partial charge in [0.25, 0.3) is 0 Å². The summed E-state index contributed by atoms with van der Waals surface area (Å²) >= 11 is 7.43. The van der Waals surface area contributed by atoms with Crippen molar-refractivity contribution in [1.82, 2.24) is 0 Å². The van der Waals surface area contributed by atoms with Crippen LogP contribution in [0.15, 0.2) is 53.4 Å². The summed E-state index contributed by atoms with van der Waals surface area (Å²) in [6.45, 7) is 3.94. The Morgan fingerprint density at radius 3 is 2.55 bits per heavy atom. The Morgan fingerprint density at radius 2 is 1.90 bits per heavy atom. The van der Waals surface area contributed by atoms with E-state index in [9.17, 15) is 4.79 Å². The lowest BCUT2D eigenvalue weighted by Crippen LogP contribution is -2.22. The summed E-state index contributed by atoms with van der Waals surface area (Å²) in [5.74, 6) is -0.0298. The van der Waals surface area contributed by atoms with Crippen molar-refractivity contribution in [2.45, 2.75) is 24.0 Å². The van der Waals surface area contributed by atoms with E-state index >= 15 is 0 Å². The number of amides is 1. The van der Waals surface area contributed by atoms with Gasteiger partial charge in [-0.1, -0.05) is 35.4 Å². The van der Waals surface area contributed by atoms with Gasteiger partial charge < -0.3 is 5.32 Å². The van der Waals surface area contributed by atoms with Crippen molar-refractivity contribution in [3.8, 4) is 0 Å². The van der Waals surface area contributed by atoms with Gasteiger partial charge in [0.05, 0.1) is 5.25 Å². The Kier molecular flexibility index (Phi) is 5.10. The summed E-state index contributed by atoms with van der Waals surface area (Å²) in [5, 5.41) is 3.31. The highest BCUT2D eigenvalue weighted by Crippen LogP contribution is 2.24. The molecule has 0 aliphatic rings. The SMILES string of the molecule is Cc1ccc(S[C@@H](C)C(=O)Nc2cccc(Cl)c2)cc1. The number of rotatable bonds is 4. The molecular formula is C16H16ClNOS. The summed E-state index contributed by atoms with van der Waals surface area (Å²) in [5.41, 5.74) is 1.93. The number of aryl methyl sites for hydroxylation is 1. The molecule has 2 aromatic rings. The summed E-state index contributed by atoms with van der Waals surface area (Å²) in [6, 6.07) is 15.3. The van der Waals surface area contributed by atoms with Gasteiger partial charge in [0.15, 0.2) is 0 Å². The Bertz CT molecular complexity index is 598. The third kappa shape index (κ3) is 4.29. The monoisotopic (exact) mass is 305 g/mol. The highest BCUT2D eigenvalue weighted by Gasteiger charge is 2.14. The number of benzene rings is 2. The third-order valence-corrected chi connectivity index (χ3v) is 4.14. The molecule has 0 saturated heterocycles. The lowest BCUT2D eigenvalue weighted by atomic mass is 10.2. The molecule has 0 aliphatic heterocycles. The predicted octanol–water partition coefficient (Wildman–Crippen LogP) is 4.77. The van der Waals surface area contributed by atoms with Gasteiger partial charge in [-0.3, -0.25) is 4.79 Å². The van der Waals surface area contributed by atoms with Crippen LogP contribution in [0.25, 0.3) is 0 Å². The first kappa shape index (κ1) is 14.9. The molecule has 0 aliphatic carbocycles. The van der Waals surface area contributed by atoms with Gasteiger partial charge in [-0.2, -0.15) is 0 Å². The molecule has 104 valence electrons. The van der Waals surface area contributed by atoms with Crippen LogP contribution in [0.1, 0.15) is 12.5 Å². The first-order valence-corrected chi connectivity index (χ1v) is 7.60. The minimum atomic E-state index is -0.170. The van der Waals surface area contributed by atoms with E-state index in [4.69, 9.17) is 11.6 Å². The summed E-state index contributed by atoms with van der Waals surface area (Å²) in [4.78, 5) is 13.2. The Labute approximate surface area is 128 Å². The molecule has 0 spiro atoms. The van der Waals surface area contributed by atoms with Crippen molar-refractivity contribution in [1.29, 1.82) is 0 Å². The fraction of sp³-hybridized carbons (Fsp3) is 0.188. The second-order valence-corrected chi connectivity index (χ2v) is 6.42. The van der Waals surface area contributed by atoms with E-state index in [1.165, 1.54) is 17.3 Å². The summed E-state index contributed by atoms with van der Waals surface area (Å²) in [7, 11) is 0. The third-order valence-electron chi connectivity index (χ3n) is 2.80. The summed E-state index contributed by atoms with van der Waals surface area (Å²) < 4.78 is 0. The van der Waals surface area contributed by atoms with E-state index in [2.05, 4.69) is 5.32 Å². The van der Waals surface area contributed by atoms with Crippen molar-refractivity contribution in [3.05, 3.63) is 59.1 Å². The predicted molar refractivity (Wildman–Crippen MR) is 86.6 cm³/mol. The van der Waals surface area contributed by atoms with Crippen molar-refractivity contribution in [2.75, 3.05) is 5.32 Å². The molecule has 2 rings (SSSR count). The molecule has 0 unspecified atom stereocenters. The maximum absolute atomic E-state index is 12.1. The zero-order chi connectivity index (χ0) is 14.5. The number of hydrogen-bond donors (Lipinski definition) is 1. The Hall–Kier alpha value is -1.45. The van der Waals surface area contributed by atoms with Crippen molar-refractivity contribution in [2.24, 2.45) is 0 Å². The van der Waals surface area contributed by atoms with E-state index in [-0.39, 0.29) is 11.2 Å². The number of carbonyl (C=O) groups is 1. The van der Waals surface area contributed by atoms with E-state index in [1.54, 1.807) is 12.1 Å². The summed E-state index contributed by atoms with van der Waals surface area (Å²) in [6.07, 6.45) is 0. The normalized spacial score (nSPS) is 11.9. The van der Waals surface area contributed by atoms with E-state index in [0.717, 1.165) is 10.6 Å². The molecule has 1 N–H and O–H groups in total. The quantitative estimate of drug-likeness (QED) is 0.825. The average molecular weight is 306 g/mol. The molecule has 0 bridgehead atoms. The maximum atomic E-state index is 12.1. The molecule has 0 saturated carbocycles. The van der Waals surface area contributed by atoms with Crippen molar-refractivity contribution in [3.63, 3.8) is 0 Å². The number of thioether (sulfide) groups is 1. The molecule has 1 amide bonds. The lowest BCUT2D eigenvalue weighted by Gasteiger charge is -2.12. The zero-order valence-corrected chi connectivity index (χ0v) is 13.0. The van der Waals surface area contributed by atoms with Gasteiger partial charge in [-0.05, 0) is 44.2 Å². The Morgan fingerprint density at radius 1 is 1.20 bits per heavy atom. The van der Waals surface area contributed by atoms with Gasteiger partial charge in [0.1, 0.15) is 0 Å². The van der Waals surface area contributed by atoms with Crippen LogP contribution in [0, 0.1) is 6.92 Å². The van der Waals surface area contributed by atoms with Crippen LogP contribution in [-0.4, -0.2) is 11.2 Å². The number of hydrogen-bond acceptors (Lipinski definition) is 2. The first-order chi connectivity index (χ1) is 9.54. The molecule has 20 heavy (non-hydrogen) atoms. The van der Waals surface area contributed by atoms with E-state index in [0.29, 0.717) is 5.02 Å². The number of carbonyl (C=O) groups excluding carboxylic acids is 1. The molecule has 0 fully saturated rings. The number of anilines is 1. The number of nitrogens with one attached hydrogen (secondary N) is 1. The van der Waals surface area contributed by atoms with E-state index < -0.39 is 0 Å². The van der Waals surface area contributed by atoms with Crippen LogP contribution in [0.5, 0.6) is 0 Å². The fourth-order valence-corrected chi connectivity index (χ4v) is 2.74. The molecule has 2 nitrogen and oxygen atoms in total. The van der Waals surface area contributed by atoms with Crippen LogP contribution in [-0.2, 0) is 4.79 Å². The van der Waals surface area contributed by atoms with E-state index in [1.807, 2.05) is 50.2 Å². The van der Waals surface area contributed by atoms with Crippen molar-refractivity contribution >= 4 is 35.0 Å². The first-order valence-electron chi connectivity index (χ1n) is 6.34. The molecule has 0 aromatic heterocycles. The minimum absolute atomic E-state index is 0.0298. The minimum Gasteiger partial charge on any atom is -0.325 e. The van der Waals surface area contributed by atoms with Crippen LogP contribution in [0.3, 0.4) is 0 Å². The molecule has 0 radical (unpaired) electrons. The fourth-order valence-electron chi connectivity index (χ4n) is 1.68. The Balaban J connectivity index is 1.96. The largest absolute Gasteiger partial charge is 0.325 e. The maximum Gasteiger partial charge on any atom is 0.237 e. The highest BCUT2D eigenvalue weighted by atomic mass is 35.5. The average Bonchev–Trinajstić information content (AvgIpc) is 2.41. The molecule has 1 atom stereocenters. The van der Waals surface area contributed by atoms with Crippen LogP contribution >= 0.6 is 23.4 Å². The topological polar surface area (TPSA) is 29.1 Å². The number of halogens is 1. The van der Waals surface area contributed by atoms with Gasteiger partial charge in [-0.15, -0.1) is 11.8 Å². The molecule has 0 heterocycles. The molecule has 2 aromatic carbocycles. The lowest BCUT2D eigenvalue weighted by molar-refractivity contribution is -0.115. The smallest absolute Gasteiger partial charge is 0.237 e. The van der Waals surface area contributed by atoms with Gasteiger partial charge >= 0.3 is 0 Å². The standard InChI is InChI=1S/C16H16ClNOS/c1-11-6-8-15(9-7-11)20-12(2)16(19)18-14-5-3-4-13(17)10-14/h3-10,12H,1-2H3,(H,18,19)/t12-/m0/s1. The highest BCUT2D eigenvalue weighted by molar-refractivity contribution is 8.00. The van der Waals surface area contributed by atoms with Gasteiger partial charge in [-0.25, -0.2) is 0 Å². The van der Waals surface area contributed by atoms with Crippen molar-refractivity contribution < 1.29 is 4.79 Å². The molecular weight excluding hydrogens is 290 g/mol. The molecule has 4 heteroatoms. The second-order valence-electron chi connectivity index (χ2n) is 4.57. The van der Waals surface area contributed by atoms with Crippen LogP contribution < -0.4 is 5.32 Å². The van der Waals surface area contributed by atoms with Gasteiger partial charge in [0, 0.05) is 15.6 Å².